The van der Waals surface area contributed by atoms with E-state index < -0.39 is 16.3 Å². The molecule has 5 nitrogen and oxygen atoms in total. The Hall–Kier alpha value is -1.67. The number of aryl methyl sites for hydroxylation is 1. The molecule has 0 aliphatic heterocycles. The van der Waals surface area contributed by atoms with Crippen LogP contribution in [0, 0.1) is 6.92 Å². The van der Waals surface area contributed by atoms with Crippen LogP contribution in [-0.2, 0) is 26.0 Å². The summed E-state index contributed by atoms with van der Waals surface area (Å²) < 4.78 is 37.9. The summed E-state index contributed by atoms with van der Waals surface area (Å²) in [6, 6.07) is 13.9. The summed E-state index contributed by atoms with van der Waals surface area (Å²) in [5, 5.41) is 0. The van der Waals surface area contributed by atoms with Gasteiger partial charge in [0.1, 0.15) is 7.85 Å². The van der Waals surface area contributed by atoms with Crippen molar-refractivity contribution >= 4 is 23.3 Å². The zero-order chi connectivity index (χ0) is 18.4. The van der Waals surface area contributed by atoms with Gasteiger partial charge in [0, 0.05) is 20.8 Å². The predicted molar refractivity (Wildman–Crippen MR) is 98.4 cm³/mol. The van der Waals surface area contributed by atoms with Crippen molar-refractivity contribution in [2.24, 2.45) is 0 Å². The van der Waals surface area contributed by atoms with Gasteiger partial charge >= 0.3 is 0 Å². The van der Waals surface area contributed by atoms with E-state index in [2.05, 4.69) is 0 Å². The smallest absolute Gasteiger partial charge is 0.243 e. The molecule has 0 aliphatic carbocycles. The lowest BCUT2D eigenvalue weighted by Crippen LogP contribution is -2.38. The number of benzene rings is 2. The number of sulfonamides is 1. The Labute approximate surface area is 151 Å². The van der Waals surface area contributed by atoms with Crippen LogP contribution in [0.1, 0.15) is 11.1 Å². The number of ether oxygens (including phenoxy) is 2. The largest absolute Gasteiger partial charge is 0.354 e. The van der Waals surface area contributed by atoms with E-state index in [-0.39, 0.29) is 18.0 Å². The van der Waals surface area contributed by atoms with Gasteiger partial charge in [-0.25, -0.2) is 8.42 Å². The molecule has 7 heteroatoms. The number of methoxy groups -OCH3 is 2. The third-order valence-corrected chi connectivity index (χ3v) is 5.70. The molecule has 2 radical (unpaired) electrons. The number of nitrogens with zero attached hydrogens (tertiary/aromatic N) is 1. The van der Waals surface area contributed by atoms with Gasteiger partial charge < -0.3 is 9.47 Å². The van der Waals surface area contributed by atoms with Gasteiger partial charge in [-0.3, -0.25) is 0 Å². The van der Waals surface area contributed by atoms with Crippen LogP contribution < -0.4 is 5.46 Å². The molecule has 0 amide bonds. The Morgan fingerprint density at radius 2 is 1.56 bits per heavy atom. The van der Waals surface area contributed by atoms with Crippen LogP contribution in [0.2, 0.25) is 0 Å². The summed E-state index contributed by atoms with van der Waals surface area (Å²) in [6.07, 6.45) is -0.658. The third kappa shape index (κ3) is 5.15. The molecule has 0 bridgehead atoms. The molecule has 25 heavy (non-hydrogen) atoms. The summed E-state index contributed by atoms with van der Waals surface area (Å²) in [5.74, 6) is 0. The van der Waals surface area contributed by atoms with Gasteiger partial charge in [0.05, 0.1) is 11.4 Å². The molecule has 0 spiro atoms. The van der Waals surface area contributed by atoms with E-state index >= 15 is 0 Å². The standard InChI is InChI=1S/C18H22BNO4S/c1-14-4-10-17(11-5-14)25(21,22)20(13-18(23-2)24-3)12-15-6-8-16(19)9-7-15/h4-11,18H,12-13H2,1-3H3. The first kappa shape index (κ1) is 19.7. The van der Waals surface area contributed by atoms with Crippen LogP contribution in [0.5, 0.6) is 0 Å². The number of rotatable bonds is 8. The molecule has 0 heterocycles. The van der Waals surface area contributed by atoms with Crippen molar-refractivity contribution in [1.82, 2.24) is 4.31 Å². The highest BCUT2D eigenvalue weighted by atomic mass is 32.2. The lowest BCUT2D eigenvalue weighted by molar-refractivity contribution is -0.108. The molecule has 0 fully saturated rings. The Bertz CT molecular complexity index is 772. The van der Waals surface area contributed by atoms with E-state index in [1.807, 2.05) is 19.1 Å². The minimum absolute atomic E-state index is 0.0770. The van der Waals surface area contributed by atoms with Crippen molar-refractivity contribution in [3.05, 3.63) is 59.7 Å². The number of hydrogen-bond donors (Lipinski definition) is 0. The fourth-order valence-electron chi connectivity index (χ4n) is 2.35. The molecule has 0 atom stereocenters. The molecular weight excluding hydrogens is 337 g/mol. The summed E-state index contributed by atoms with van der Waals surface area (Å²) in [7, 11) is 4.96. The molecule has 0 N–H and O–H groups in total. The fourth-order valence-corrected chi connectivity index (χ4v) is 3.76. The Morgan fingerprint density at radius 1 is 1.00 bits per heavy atom. The fraction of sp³-hybridized carbons (Fsp3) is 0.333. The SMILES string of the molecule is [B]c1ccc(CN(CC(OC)OC)S(=O)(=O)c2ccc(C)cc2)cc1. The molecule has 0 saturated carbocycles. The zero-order valence-electron chi connectivity index (χ0n) is 14.7. The predicted octanol–water partition coefficient (Wildman–Crippen LogP) is 1.60. The topological polar surface area (TPSA) is 55.8 Å². The van der Waals surface area contributed by atoms with Crippen LogP contribution >= 0.6 is 0 Å². The van der Waals surface area contributed by atoms with Crippen LogP contribution in [0.4, 0.5) is 0 Å². The second kappa shape index (κ2) is 8.62. The van der Waals surface area contributed by atoms with E-state index in [0.717, 1.165) is 11.1 Å². The molecule has 132 valence electrons. The molecule has 0 saturated heterocycles. The van der Waals surface area contributed by atoms with Gasteiger partial charge in [-0.05, 0) is 24.6 Å². The van der Waals surface area contributed by atoms with Gasteiger partial charge in [-0.1, -0.05) is 47.4 Å². The molecule has 2 aromatic carbocycles. The van der Waals surface area contributed by atoms with Crippen molar-refractivity contribution < 1.29 is 17.9 Å². The maximum absolute atomic E-state index is 13.1. The van der Waals surface area contributed by atoms with Crippen LogP contribution in [0.25, 0.3) is 0 Å². The van der Waals surface area contributed by atoms with Crippen molar-refractivity contribution in [1.29, 1.82) is 0 Å². The minimum Gasteiger partial charge on any atom is -0.354 e. The second-order valence-electron chi connectivity index (χ2n) is 5.75. The first-order chi connectivity index (χ1) is 11.9. The molecule has 2 rings (SSSR count). The zero-order valence-corrected chi connectivity index (χ0v) is 15.5. The van der Waals surface area contributed by atoms with Gasteiger partial charge in [0.25, 0.3) is 0 Å². The van der Waals surface area contributed by atoms with Gasteiger partial charge in [0.15, 0.2) is 6.29 Å². The van der Waals surface area contributed by atoms with Crippen LogP contribution in [0.3, 0.4) is 0 Å². The highest BCUT2D eigenvalue weighted by molar-refractivity contribution is 7.89. The molecule has 2 aromatic rings. The Balaban J connectivity index is 2.35. The normalized spacial score (nSPS) is 12.0. The van der Waals surface area contributed by atoms with E-state index in [4.69, 9.17) is 17.3 Å². The molecular formula is C18H22BNO4S. The summed E-state index contributed by atoms with van der Waals surface area (Å²) >= 11 is 0. The quantitative estimate of drug-likeness (QED) is 0.531. The lowest BCUT2D eigenvalue weighted by atomic mass is 9.95. The van der Waals surface area contributed by atoms with Crippen molar-refractivity contribution in [3.8, 4) is 0 Å². The van der Waals surface area contributed by atoms with E-state index in [1.54, 1.807) is 36.4 Å². The highest BCUT2D eigenvalue weighted by Gasteiger charge is 2.27. The third-order valence-electron chi connectivity index (χ3n) is 3.88. The number of hydrogen-bond acceptors (Lipinski definition) is 4. The minimum atomic E-state index is -3.70. The van der Waals surface area contributed by atoms with Gasteiger partial charge in [0.2, 0.25) is 10.0 Å². The van der Waals surface area contributed by atoms with Gasteiger partial charge in [-0.2, -0.15) is 4.31 Å². The second-order valence-corrected chi connectivity index (χ2v) is 7.69. The van der Waals surface area contributed by atoms with E-state index in [1.165, 1.54) is 18.5 Å². The Morgan fingerprint density at radius 3 is 2.08 bits per heavy atom. The summed E-state index contributed by atoms with van der Waals surface area (Å²) in [6.45, 7) is 2.18. The lowest BCUT2D eigenvalue weighted by Gasteiger charge is -2.26. The molecule has 0 aliphatic rings. The molecule has 0 unspecified atom stereocenters. The first-order valence-electron chi connectivity index (χ1n) is 7.83. The Kier molecular flexibility index (Phi) is 6.78. The average molecular weight is 359 g/mol. The van der Waals surface area contributed by atoms with E-state index in [0.29, 0.717) is 5.46 Å². The van der Waals surface area contributed by atoms with Crippen LogP contribution in [0.15, 0.2) is 53.4 Å². The van der Waals surface area contributed by atoms with Gasteiger partial charge in [-0.15, -0.1) is 0 Å². The first-order valence-corrected chi connectivity index (χ1v) is 9.27. The van der Waals surface area contributed by atoms with Crippen molar-refractivity contribution in [2.75, 3.05) is 20.8 Å². The maximum atomic E-state index is 13.1. The highest BCUT2D eigenvalue weighted by Crippen LogP contribution is 2.20. The van der Waals surface area contributed by atoms with Crippen molar-refractivity contribution in [2.45, 2.75) is 24.7 Å². The van der Waals surface area contributed by atoms with Crippen LogP contribution in [-0.4, -0.2) is 47.6 Å². The molecule has 0 aromatic heterocycles. The monoisotopic (exact) mass is 359 g/mol. The maximum Gasteiger partial charge on any atom is 0.243 e. The van der Waals surface area contributed by atoms with E-state index in [9.17, 15) is 8.42 Å². The summed E-state index contributed by atoms with van der Waals surface area (Å²) in [4.78, 5) is 0.236. The summed E-state index contributed by atoms with van der Waals surface area (Å²) in [5.41, 5.74) is 2.45. The average Bonchev–Trinajstić information content (AvgIpc) is 2.60. The van der Waals surface area contributed by atoms with Crippen molar-refractivity contribution in [3.63, 3.8) is 0 Å².